The van der Waals surface area contributed by atoms with E-state index < -0.39 is 38.3 Å². The molecule has 10 heteroatoms. The lowest BCUT2D eigenvalue weighted by atomic mass is 9.86. The second kappa shape index (κ2) is 34.2. The first kappa shape index (κ1) is 48.1. The highest BCUT2D eigenvalue weighted by atomic mass is 31.2. The van der Waals surface area contributed by atoms with Gasteiger partial charge in [-0.15, -0.1) is 0 Å². The van der Waals surface area contributed by atoms with Crippen LogP contribution in [0.15, 0.2) is 12.2 Å². The van der Waals surface area contributed by atoms with Crippen molar-refractivity contribution in [3.05, 3.63) is 12.2 Å². The minimum absolute atomic E-state index is 0.0514. The number of phosphoric ester groups is 1. The third-order valence-electron chi connectivity index (χ3n) is 9.20. The fourth-order valence-electron chi connectivity index (χ4n) is 6.14. The molecule has 0 saturated carbocycles. The Hall–Kier alpha value is -0.930. The number of carbonyl (C=O) groups excluding carboxylic acids is 2. The van der Waals surface area contributed by atoms with Gasteiger partial charge >= 0.3 is 7.82 Å². The van der Waals surface area contributed by atoms with Crippen LogP contribution in [0.5, 0.6) is 0 Å². The van der Waals surface area contributed by atoms with Crippen molar-refractivity contribution in [2.75, 3.05) is 19.8 Å². The van der Waals surface area contributed by atoms with Crippen molar-refractivity contribution in [3.63, 3.8) is 0 Å². The quantitative estimate of drug-likeness (QED) is 0.0211. The smallest absolute Gasteiger partial charge is 0.394 e. The summed E-state index contributed by atoms with van der Waals surface area (Å²) in [6.45, 7) is 3.25. The van der Waals surface area contributed by atoms with E-state index in [2.05, 4.69) is 26.0 Å². The maximum atomic E-state index is 13.6. The first-order valence-electron chi connectivity index (χ1n) is 20.1. The molecule has 0 aromatic rings. The molecule has 0 aliphatic carbocycles. The molecule has 0 aliphatic heterocycles. The first-order valence-corrected chi connectivity index (χ1v) is 21.6. The van der Waals surface area contributed by atoms with Gasteiger partial charge in [0.15, 0.2) is 11.9 Å². The average Bonchev–Trinajstić information content (AvgIpc) is 3.09. The van der Waals surface area contributed by atoms with Crippen molar-refractivity contribution in [1.29, 1.82) is 0 Å². The molecule has 0 aromatic heterocycles. The molecular formula is C39H76NO8P. The Bertz CT molecular complexity index is 855. The highest BCUT2D eigenvalue weighted by Crippen LogP contribution is 2.45. The van der Waals surface area contributed by atoms with Crippen LogP contribution in [0.25, 0.3) is 0 Å². The number of hydrogen-bond donors (Lipinski definition) is 4. The number of Topliss-reactive ketones (excluding diaryl/α,β-unsaturated/α-hetero) is 2. The lowest BCUT2D eigenvalue weighted by Gasteiger charge is -2.26. The van der Waals surface area contributed by atoms with Gasteiger partial charge in [-0.05, 0) is 38.5 Å². The molecule has 0 bridgehead atoms. The largest absolute Gasteiger partial charge is 0.473 e. The monoisotopic (exact) mass is 718 g/mol. The van der Waals surface area contributed by atoms with Gasteiger partial charge in [0.2, 0.25) is 0 Å². The summed E-state index contributed by atoms with van der Waals surface area (Å²) < 4.78 is 22.2. The van der Waals surface area contributed by atoms with E-state index in [1.54, 1.807) is 0 Å². The molecule has 9 nitrogen and oxygen atoms in total. The molecule has 49 heavy (non-hydrogen) atoms. The zero-order valence-electron chi connectivity index (χ0n) is 31.5. The Morgan fingerprint density at radius 3 is 1.57 bits per heavy atom. The predicted octanol–water partition coefficient (Wildman–Crippen LogP) is 9.68. The maximum Gasteiger partial charge on any atom is 0.473 e. The molecule has 0 heterocycles. The molecule has 0 fully saturated rings. The van der Waals surface area contributed by atoms with Gasteiger partial charge in [0.1, 0.15) is 11.9 Å². The van der Waals surface area contributed by atoms with Gasteiger partial charge < -0.3 is 20.8 Å². The summed E-state index contributed by atoms with van der Waals surface area (Å²) in [6.07, 6.45) is 30.1. The van der Waals surface area contributed by atoms with Crippen LogP contribution in [0, 0.1) is 5.92 Å². The summed E-state index contributed by atoms with van der Waals surface area (Å²) in [4.78, 5) is 37.1. The summed E-state index contributed by atoms with van der Waals surface area (Å²) in [5.41, 5.74) is 5.35. The number of hydrogen-bond acceptors (Lipinski definition) is 8. The third-order valence-corrected chi connectivity index (χ3v) is 10.2. The number of rotatable bonds is 38. The van der Waals surface area contributed by atoms with E-state index >= 15 is 0 Å². The third kappa shape index (κ3) is 28.4. The Balaban J connectivity index is 4.85. The molecule has 0 rings (SSSR count). The Morgan fingerprint density at radius 1 is 0.694 bits per heavy atom. The Morgan fingerprint density at radius 2 is 1.12 bits per heavy atom. The fourth-order valence-corrected chi connectivity index (χ4v) is 7.07. The molecule has 5 N–H and O–H groups in total. The molecule has 4 atom stereocenters. The number of aliphatic hydroxyl groups excluding tert-OH is 2. The number of aliphatic hydroxyl groups is 2. The Kier molecular flexibility index (Phi) is 33.5. The van der Waals surface area contributed by atoms with Crippen molar-refractivity contribution in [2.45, 2.75) is 199 Å². The van der Waals surface area contributed by atoms with Gasteiger partial charge in [-0.2, -0.15) is 0 Å². The van der Waals surface area contributed by atoms with Crippen molar-refractivity contribution in [1.82, 2.24) is 0 Å². The number of unbranched alkanes of at least 4 members (excludes halogenated alkanes) is 22. The molecule has 3 unspecified atom stereocenters. The number of allylic oxidation sites excluding steroid dienone is 2. The number of ketones is 2. The van der Waals surface area contributed by atoms with Crippen molar-refractivity contribution in [2.24, 2.45) is 11.7 Å². The van der Waals surface area contributed by atoms with Crippen LogP contribution in [-0.2, 0) is 23.2 Å². The molecular weight excluding hydrogens is 641 g/mol. The van der Waals surface area contributed by atoms with Crippen LogP contribution in [0.2, 0.25) is 0 Å². The topological polar surface area (TPSA) is 156 Å². The lowest BCUT2D eigenvalue weighted by molar-refractivity contribution is -0.143. The van der Waals surface area contributed by atoms with Gasteiger partial charge in [0.25, 0.3) is 0 Å². The van der Waals surface area contributed by atoms with E-state index in [9.17, 15) is 29.3 Å². The zero-order chi connectivity index (χ0) is 36.4. The van der Waals surface area contributed by atoms with Crippen molar-refractivity contribution >= 4 is 19.4 Å². The lowest BCUT2D eigenvalue weighted by Crippen LogP contribution is -2.43. The van der Waals surface area contributed by atoms with Crippen molar-refractivity contribution in [3.8, 4) is 0 Å². The van der Waals surface area contributed by atoms with E-state index in [0.29, 0.717) is 12.8 Å². The van der Waals surface area contributed by atoms with Crippen LogP contribution in [0.3, 0.4) is 0 Å². The second-order valence-corrected chi connectivity index (χ2v) is 15.2. The number of carbonyl (C=O) groups is 2. The minimum Gasteiger partial charge on any atom is -0.394 e. The van der Waals surface area contributed by atoms with E-state index in [0.717, 1.165) is 51.4 Å². The highest BCUT2D eigenvalue weighted by Gasteiger charge is 2.40. The molecule has 290 valence electrons. The van der Waals surface area contributed by atoms with E-state index in [-0.39, 0.29) is 31.8 Å². The van der Waals surface area contributed by atoms with Crippen LogP contribution in [0.1, 0.15) is 187 Å². The average molecular weight is 718 g/mol. The predicted molar refractivity (Wildman–Crippen MR) is 201 cm³/mol. The van der Waals surface area contributed by atoms with Crippen LogP contribution < -0.4 is 5.73 Å². The van der Waals surface area contributed by atoms with Crippen LogP contribution in [0.4, 0.5) is 0 Å². The SMILES string of the molecule is CCCCCCCC/C=C\CCCCCCC(C(=O)CCCCCCCCCCCCCCC)C(=O)C(OP(=O)(O)OCCN)[C@@H](O)CO. The van der Waals surface area contributed by atoms with Crippen molar-refractivity contribution < 1.29 is 38.3 Å². The summed E-state index contributed by atoms with van der Waals surface area (Å²) in [5, 5.41) is 20.0. The molecule has 0 spiro atoms. The number of nitrogens with two attached hydrogens (primary N) is 1. The fraction of sp³-hybridized carbons (Fsp3) is 0.897. The zero-order valence-corrected chi connectivity index (χ0v) is 32.4. The standard InChI is InChI=1S/C39H76NO8P/c1-3-5-7-9-11-13-15-17-19-20-22-24-26-28-30-35(38(44)39(37(43)34-41)48-49(45,46)47-33-32-40)36(42)31-29-27-25-23-21-18-16-14-12-10-8-6-4-2/h17,19,35,37,39,41,43H,3-16,18,20-34,40H2,1-2H3,(H,45,46)/b19-17-/t35?,37-,39?/m0/s1. The second-order valence-electron chi connectivity index (χ2n) is 13.8. The van der Waals surface area contributed by atoms with E-state index in [1.165, 1.54) is 96.3 Å². The van der Waals surface area contributed by atoms with Crippen LogP contribution in [-0.4, -0.2) is 58.6 Å². The first-order chi connectivity index (χ1) is 23.7. The molecule has 0 saturated heterocycles. The van der Waals surface area contributed by atoms with E-state index in [1.807, 2.05) is 0 Å². The molecule has 0 amide bonds. The highest BCUT2D eigenvalue weighted by molar-refractivity contribution is 7.47. The Labute approximate surface area is 300 Å². The normalized spacial score (nSPS) is 15.0. The van der Waals surface area contributed by atoms with Gasteiger partial charge in [-0.25, -0.2) is 4.57 Å². The summed E-state index contributed by atoms with van der Waals surface area (Å²) in [5.74, 6) is -2.13. The maximum absolute atomic E-state index is 13.6. The molecule has 0 aliphatic rings. The van der Waals surface area contributed by atoms with Gasteiger partial charge in [0, 0.05) is 13.0 Å². The van der Waals surface area contributed by atoms with Crippen LogP contribution >= 0.6 is 7.82 Å². The summed E-state index contributed by atoms with van der Waals surface area (Å²) in [7, 11) is -4.76. The molecule has 0 aromatic carbocycles. The summed E-state index contributed by atoms with van der Waals surface area (Å²) >= 11 is 0. The minimum atomic E-state index is -4.76. The van der Waals surface area contributed by atoms with Gasteiger partial charge in [-0.1, -0.05) is 154 Å². The molecule has 0 radical (unpaired) electrons. The van der Waals surface area contributed by atoms with E-state index in [4.69, 9.17) is 14.8 Å². The summed E-state index contributed by atoms with van der Waals surface area (Å²) in [6, 6.07) is 0. The number of phosphoric acid groups is 1. The van der Waals surface area contributed by atoms with Gasteiger partial charge in [0.05, 0.1) is 19.1 Å². The van der Waals surface area contributed by atoms with Gasteiger partial charge in [-0.3, -0.25) is 18.6 Å².